The van der Waals surface area contributed by atoms with Crippen LogP contribution < -0.4 is 10.2 Å². The van der Waals surface area contributed by atoms with E-state index in [2.05, 4.69) is 5.32 Å². The van der Waals surface area contributed by atoms with Gasteiger partial charge in [-0.3, -0.25) is 9.59 Å². The van der Waals surface area contributed by atoms with Gasteiger partial charge in [-0.1, -0.05) is 30.5 Å². The van der Waals surface area contributed by atoms with Crippen LogP contribution in [0, 0.1) is 26.7 Å². The fourth-order valence-corrected chi connectivity index (χ4v) is 4.83. The Hall–Kier alpha value is -2.62. The molecule has 2 aliphatic rings. The number of aryl methyl sites for hydroxylation is 3. The maximum Gasteiger partial charge on any atom is 0.256 e. The first-order valence-electron chi connectivity index (χ1n) is 10.3. The van der Waals surface area contributed by atoms with Crippen LogP contribution in [0.3, 0.4) is 0 Å². The zero-order valence-corrected chi connectivity index (χ0v) is 17.0. The van der Waals surface area contributed by atoms with Crippen LogP contribution in [-0.4, -0.2) is 18.4 Å². The van der Waals surface area contributed by atoms with Gasteiger partial charge >= 0.3 is 0 Å². The van der Waals surface area contributed by atoms with E-state index in [1.54, 1.807) is 0 Å². The summed E-state index contributed by atoms with van der Waals surface area (Å²) in [6, 6.07) is 10.00. The van der Waals surface area contributed by atoms with Crippen LogP contribution in [0.1, 0.15) is 58.3 Å². The van der Waals surface area contributed by atoms with Crippen molar-refractivity contribution in [2.24, 2.45) is 5.92 Å². The molecule has 0 saturated heterocycles. The average Bonchev–Trinajstić information content (AvgIpc) is 3.30. The van der Waals surface area contributed by atoms with Crippen molar-refractivity contribution in [2.75, 3.05) is 16.8 Å². The van der Waals surface area contributed by atoms with E-state index in [-0.39, 0.29) is 17.7 Å². The monoisotopic (exact) mass is 376 g/mol. The van der Waals surface area contributed by atoms with Crippen LogP contribution in [0.15, 0.2) is 30.3 Å². The van der Waals surface area contributed by atoms with Crippen LogP contribution in [0.2, 0.25) is 0 Å². The molecule has 146 valence electrons. The van der Waals surface area contributed by atoms with Crippen molar-refractivity contribution < 1.29 is 9.59 Å². The third-order valence-electron chi connectivity index (χ3n) is 6.11. The minimum absolute atomic E-state index is 0.0770. The Kier molecular flexibility index (Phi) is 4.96. The smallest absolute Gasteiger partial charge is 0.256 e. The van der Waals surface area contributed by atoms with Gasteiger partial charge in [0, 0.05) is 29.4 Å². The summed E-state index contributed by atoms with van der Waals surface area (Å²) in [5, 5.41) is 3.05. The van der Waals surface area contributed by atoms with E-state index in [9.17, 15) is 9.59 Å². The van der Waals surface area contributed by atoms with Crippen LogP contribution >= 0.6 is 0 Å². The minimum Gasteiger partial charge on any atom is -0.322 e. The summed E-state index contributed by atoms with van der Waals surface area (Å²) in [5.41, 5.74) is 6.83. The number of hydrogen-bond acceptors (Lipinski definition) is 2. The van der Waals surface area contributed by atoms with Crippen LogP contribution in [-0.2, 0) is 11.2 Å². The Labute approximate surface area is 166 Å². The molecule has 0 atom stereocenters. The summed E-state index contributed by atoms with van der Waals surface area (Å²) in [4.78, 5) is 27.6. The standard InChI is InChI=1S/C24H28N2O2/c1-15-12-16(2)22(17(3)13-15)23(27)25-20-8-9-21-19(14-20)10-11-26(21)24(28)18-6-4-5-7-18/h8-9,12-14,18H,4-7,10-11H2,1-3H3,(H,25,27). The lowest BCUT2D eigenvalue weighted by atomic mass is 9.99. The highest BCUT2D eigenvalue weighted by Crippen LogP contribution is 2.35. The van der Waals surface area contributed by atoms with E-state index in [1.807, 2.05) is 56.0 Å². The second kappa shape index (κ2) is 7.42. The molecule has 1 aliphatic carbocycles. The third kappa shape index (κ3) is 3.44. The van der Waals surface area contributed by atoms with E-state index >= 15 is 0 Å². The molecule has 0 radical (unpaired) electrons. The molecule has 28 heavy (non-hydrogen) atoms. The number of nitrogens with zero attached hydrogens (tertiary/aromatic N) is 1. The fraction of sp³-hybridized carbons (Fsp3) is 0.417. The second-order valence-corrected chi connectivity index (χ2v) is 8.29. The fourth-order valence-electron chi connectivity index (χ4n) is 4.83. The van der Waals surface area contributed by atoms with Crippen LogP contribution in [0.4, 0.5) is 11.4 Å². The molecule has 4 rings (SSSR count). The molecular formula is C24H28N2O2. The highest BCUT2D eigenvalue weighted by molar-refractivity contribution is 6.06. The summed E-state index contributed by atoms with van der Waals surface area (Å²) in [6.07, 6.45) is 5.22. The summed E-state index contributed by atoms with van der Waals surface area (Å²) >= 11 is 0. The number of benzene rings is 2. The molecule has 1 fully saturated rings. The highest BCUT2D eigenvalue weighted by atomic mass is 16.2. The topological polar surface area (TPSA) is 49.4 Å². The number of rotatable bonds is 3. The number of amides is 2. The molecule has 1 N–H and O–H groups in total. The lowest BCUT2D eigenvalue weighted by molar-refractivity contribution is -0.122. The summed E-state index contributed by atoms with van der Waals surface area (Å²) in [7, 11) is 0. The minimum atomic E-state index is -0.0770. The molecule has 0 unspecified atom stereocenters. The van der Waals surface area contributed by atoms with Crippen molar-refractivity contribution in [3.05, 3.63) is 58.1 Å². The number of carbonyl (C=O) groups is 2. The van der Waals surface area contributed by atoms with Gasteiger partial charge < -0.3 is 10.2 Å². The lowest BCUT2D eigenvalue weighted by Gasteiger charge is -2.21. The summed E-state index contributed by atoms with van der Waals surface area (Å²) in [5.74, 6) is 0.392. The molecule has 2 aromatic rings. The zero-order valence-electron chi connectivity index (χ0n) is 17.0. The first-order valence-corrected chi connectivity index (χ1v) is 10.3. The van der Waals surface area contributed by atoms with E-state index < -0.39 is 0 Å². The molecule has 0 aromatic heterocycles. The molecule has 1 aliphatic heterocycles. The van der Waals surface area contributed by atoms with Gasteiger partial charge in [0.2, 0.25) is 5.91 Å². The molecule has 0 spiro atoms. The highest BCUT2D eigenvalue weighted by Gasteiger charge is 2.31. The molecule has 4 nitrogen and oxygen atoms in total. The molecule has 2 aromatic carbocycles. The lowest BCUT2D eigenvalue weighted by Crippen LogP contribution is -2.33. The van der Waals surface area contributed by atoms with Crippen molar-refractivity contribution in [3.8, 4) is 0 Å². The summed E-state index contributed by atoms with van der Waals surface area (Å²) < 4.78 is 0. The molecule has 2 amide bonds. The third-order valence-corrected chi connectivity index (χ3v) is 6.11. The number of nitrogens with one attached hydrogen (secondary N) is 1. The van der Waals surface area contributed by atoms with Gasteiger partial charge in [-0.15, -0.1) is 0 Å². The molecule has 4 heteroatoms. The SMILES string of the molecule is Cc1cc(C)c(C(=O)Nc2ccc3c(c2)CCN3C(=O)C2CCCC2)c(C)c1. The Morgan fingerprint density at radius 1 is 1.00 bits per heavy atom. The van der Waals surface area contributed by atoms with Gasteiger partial charge in [0.05, 0.1) is 0 Å². The van der Waals surface area contributed by atoms with Crippen LogP contribution in [0.5, 0.6) is 0 Å². The predicted octanol–water partition coefficient (Wildman–Crippen LogP) is 4.94. The first-order chi connectivity index (χ1) is 13.4. The molecular weight excluding hydrogens is 348 g/mol. The average molecular weight is 377 g/mol. The van der Waals surface area contributed by atoms with Crippen molar-refractivity contribution in [1.29, 1.82) is 0 Å². The van der Waals surface area contributed by atoms with E-state index in [0.29, 0.717) is 0 Å². The van der Waals surface area contributed by atoms with E-state index in [1.165, 1.54) is 12.8 Å². The quantitative estimate of drug-likeness (QED) is 0.824. The van der Waals surface area contributed by atoms with E-state index in [0.717, 1.165) is 65.0 Å². The van der Waals surface area contributed by atoms with Gasteiger partial charge in [-0.2, -0.15) is 0 Å². The number of fused-ring (bicyclic) bond motifs is 1. The molecule has 1 heterocycles. The maximum absolute atomic E-state index is 12.8. The largest absolute Gasteiger partial charge is 0.322 e. The number of hydrogen-bond donors (Lipinski definition) is 1. The van der Waals surface area contributed by atoms with Crippen molar-refractivity contribution in [1.82, 2.24) is 0 Å². The van der Waals surface area contributed by atoms with Gasteiger partial charge in [0.15, 0.2) is 0 Å². The Morgan fingerprint density at radius 3 is 2.36 bits per heavy atom. The predicted molar refractivity (Wildman–Crippen MR) is 113 cm³/mol. The molecule has 0 bridgehead atoms. The first kappa shape index (κ1) is 18.7. The number of anilines is 2. The Bertz CT molecular complexity index is 919. The van der Waals surface area contributed by atoms with Gasteiger partial charge in [-0.25, -0.2) is 0 Å². The number of carbonyl (C=O) groups excluding carboxylic acids is 2. The Morgan fingerprint density at radius 2 is 1.68 bits per heavy atom. The van der Waals surface area contributed by atoms with Crippen molar-refractivity contribution >= 4 is 23.2 Å². The maximum atomic E-state index is 12.8. The van der Waals surface area contributed by atoms with Gasteiger partial charge in [0.25, 0.3) is 5.91 Å². The van der Waals surface area contributed by atoms with Crippen molar-refractivity contribution in [3.63, 3.8) is 0 Å². The van der Waals surface area contributed by atoms with E-state index in [4.69, 9.17) is 0 Å². The van der Waals surface area contributed by atoms with Crippen LogP contribution in [0.25, 0.3) is 0 Å². The second-order valence-electron chi connectivity index (χ2n) is 8.29. The zero-order chi connectivity index (χ0) is 19.8. The van der Waals surface area contributed by atoms with Gasteiger partial charge in [-0.05, 0) is 74.9 Å². The summed E-state index contributed by atoms with van der Waals surface area (Å²) in [6.45, 7) is 6.74. The van der Waals surface area contributed by atoms with Crippen molar-refractivity contribution in [2.45, 2.75) is 52.9 Å². The molecule has 1 saturated carbocycles. The normalized spacial score (nSPS) is 16.3. The van der Waals surface area contributed by atoms with Gasteiger partial charge in [0.1, 0.15) is 0 Å². The Balaban J connectivity index is 1.52.